The Bertz CT molecular complexity index is 1120. The van der Waals surface area contributed by atoms with E-state index >= 15 is 0 Å². The average Bonchev–Trinajstić information content (AvgIpc) is 2.82. The first-order chi connectivity index (χ1) is 40.2. The van der Waals surface area contributed by atoms with E-state index in [1.54, 1.807) is 0 Å². The molecule has 0 amide bonds. The number of hydrogen-bond donors (Lipinski definition) is 3. The summed E-state index contributed by atoms with van der Waals surface area (Å²) in [5.41, 5.74) is 6.15. The summed E-state index contributed by atoms with van der Waals surface area (Å²) in [6.45, 7) is 26.8. The molecule has 0 rings (SSSR count). The highest BCUT2D eigenvalue weighted by molar-refractivity contribution is 5.11. The van der Waals surface area contributed by atoms with E-state index in [0.717, 1.165) is 32.6 Å². The molecule has 0 aromatic heterocycles. The second kappa shape index (κ2) is 63.8. The molecule has 0 fully saturated rings. The van der Waals surface area contributed by atoms with Crippen molar-refractivity contribution in [3.63, 3.8) is 0 Å². The second-order valence-electron chi connectivity index (χ2n) is 28.7. The minimum Gasteiger partial charge on any atom is -0.330 e. The molecule has 0 aliphatic carbocycles. The first-order valence-corrected chi connectivity index (χ1v) is 39.1. The Hall–Kier alpha value is -0.160. The van der Waals surface area contributed by atoms with Gasteiger partial charge in [0.05, 0.1) is 0 Å². The van der Waals surface area contributed by atoms with Gasteiger partial charge in [-0.3, -0.25) is 4.90 Å². The van der Waals surface area contributed by atoms with Gasteiger partial charge in [0.15, 0.2) is 0 Å². The average molecular weight is 1160 g/mol. The van der Waals surface area contributed by atoms with Gasteiger partial charge in [-0.05, 0) is 98.1 Å². The molecule has 0 aromatic carbocycles. The summed E-state index contributed by atoms with van der Waals surface area (Å²) < 4.78 is 0. The van der Waals surface area contributed by atoms with Gasteiger partial charge >= 0.3 is 0 Å². The minimum atomic E-state index is 0.0231. The predicted octanol–water partition coefficient (Wildman–Crippen LogP) is 25.8. The topological polar surface area (TPSA) is 53.3 Å². The Morgan fingerprint density at radius 1 is 0.256 bits per heavy atom. The summed E-state index contributed by atoms with van der Waals surface area (Å²) in [5.74, 6) is 0. The summed E-state index contributed by atoms with van der Waals surface area (Å²) in [5, 5.41) is 7.99. The van der Waals surface area contributed by atoms with Crippen LogP contribution in [0.25, 0.3) is 0 Å². The van der Waals surface area contributed by atoms with E-state index in [2.05, 4.69) is 70.9 Å². The van der Waals surface area contributed by atoms with Crippen LogP contribution >= 0.6 is 0 Å². The van der Waals surface area contributed by atoms with Crippen LogP contribution in [0.3, 0.4) is 0 Å². The molecule has 4 nitrogen and oxygen atoms in total. The van der Waals surface area contributed by atoms with Gasteiger partial charge in [0, 0.05) is 16.5 Å². The standard InChI is InChI=1S/C78H162N4/c1-9-13-17-21-25-29-33-37-41-45-49-53-57-61-68-78(69-62-58-54-50-46-42-38-34-30-26-22-18-14-10-2,76(5,6)77(7,8)81-73-64-63-71-80-72-67-70-79)82(74-65-59-55-51-47-43-39-35-31-27-23-19-15-11-3)75-66-60-56-52-48-44-40-36-32-28-24-20-16-12-4/h80-81H,9-75,79H2,1-8H3. The number of hydrogen-bond acceptors (Lipinski definition) is 4. The van der Waals surface area contributed by atoms with E-state index < -0.39 is 0 Å². The molecule has 0 aromatic rings. The molecular formula is C78H162N4. The van der Waals surface area contributed by atoms with Crippen molar-refractivity contribution in [2.24, 2.45) is 11.1 Å². The van der Waals surface area contributed by atoms with E-state index in [0.29, 0.717) is 0 Å². The summed E-state index contributed by atoms with van der Waals surface area (Å²) in [4.78, 5) is 3.25. The van der Waals surface area contributed by atoms with E-state index in [4.69, 9.17) is 5.73 Å². The Kier molecular flexibility index (Phi) is 63.7. The molecular weight excluding hydrogens is 993 g/mol. The molecule has 0 aliphatic rings. The van der Waals surface area contributed by atoms with Crippen LogP contribution in [-0.4, -0.2) is 55.2 Å². The number of nitrogens with zero attached hydrogens (tertiary/aromatic N) is 1. The molecule has 4 N–H and O–H groups in total. The summed E-state index contributed by atoms with van der Waals surface area (Å²) >= 11 is 0. The number of nitrogens with one attached hydrogen (secondary N) is 2. The highest BCUT2D eigenvalue weighted by atomic mass is 15.2. The summed E-state index contributed by atoms with van der Waals surface area (Å²) in [6, 6.07) is 0. The molecule has 0 bridgehead atoms. The molecule has 0 spiro atoms. The molecule has 0 heterocycles. The van der Waals surface area contributed by atoms with E-state index in [1.165, 1.54) is 398 Å². The third-order valence-electron chi connectivity index (χ3n) is 20.7. The normalized spacial score (nSPS) is 12.5. The van der Waals surface area contributed by atoms with Gasteiger partial charge in [0.25, 0.3) is 0 Å². The van der Waals surface area contributed by atoms with Gasteiger partial charge in [0.2, 0.25) is 0 Å². The molecule has 0 aliphatic heterocycles. The lowest BCUT2D eigenvalue weighted by Gasteiger charge is -2.61. The molecule has 0 saturated carbocycles. The van der Waals surface area contributed by atoms with Crippen molar-refractivity contribution in [1.29, 1.82) is 0 Å². The maximum absolute atomic E-state index is 5.82. The highest BCUT2D eigenvalue weighted by Gasteiger charge is 2.54. The molecule has 0 atom stereocenters. The van der Waals surface area contributed by atoms with Gasteiger partial charge in [0.1, 0.15) is 0 Å². The van der Waals surface area contributed by atoms with Crippen LogP contribution in [-0.2, 0) is 0 Å². The van der Waals surface area contributed by atoms with Crippen LogP contribution in [0.15, 0.2) is 0 Å². The van der Waals surface area contributed by atoms with Crippen molar-refractivity contribution in [3.05, 3.63) is 0 Å². The minimum absolute atomic E-state index is 0.0231. The highest BCUT2D eigenvalue weighted by Crippen LogP contribution is 2.51. The van der Waals surface area contributed by atoms with E-state index in [1.807, 2.05) is 0 Å². The number of nitrogens with two attached hydrogens (primary N) is 1. The van der Waals surface area contributed by atoms with Gasteiger partial charge in [-0.25, -0.2) is 0 Å². The van der Waals surface area contributed by atoms with Crippen LogP contribution in [0.4, 0.5) is 0 Å². The maximum atomic E-state index is 5.82. The Morgan fingerprint density at radius 3 is 0.732 bits per heavy atom. The van der Waals surface area contributed by atoms with Crippen LogP contribution in [0.1, 0.15) is 447 Å². The summed E-state index contributed by atoms with van der Waals surface area (Å²) in [6.07, 6.45) is 87.0. The summed E-state index contributed by atoms with van der Waals surface area (Å²) in [7, 11) is 0. The van der Waals surface area contributed by atoms with Crippen molar-refractivity contribution in [1.82, 2.24) is 15.5 Å². The number of rotatable bonds is 72. The van der Waals surface area contributed by atoms with Crippen molar-refractivity contribution in [2.45, 2.75) is 458 Å². The first-order valence-electron chi connectivity index (χ1n) is 39.1. The predicted molar refractivity (Wildman–Crippen MR) is 376 cm³/mol. The van der Waals surface area contributed by atoms with Crippen molar-refractivity contribution in [2.75, 3.05) is 39.3 Å². The molecule has 4 heteroatoms. The zero-order valence-electron chi connectivity index (χ0n) is 58.9. The molecule has 0 unspecified atom stereocenters. The zero-order valence-corrected chi connectivity index (χ0v) is 58.9. The van der Waals surface area contributed by atoms with Crippen molar-refractivity contribution < 1.29 is 0 Å². The fraction of sp³-hybridized carbons (Fsp3) is 1.00. The first kappa shape index (κ1) is 81.8. The van der Waals surface area contributed by atoms with Gasteiger partial charge in [-0.2, -0.15) is 0 Å². The smallest absolute Gasteiger partial charge is 0.0277 e. The fourth-order valence-corrected chi connectivity index (χ4v) is 14.2. The molecule has 82 heavy (non-hydrogen) atoms. The fourth-order valence-electron chi connectivity index (χ4n) is 14.2. The monoisotopic (exact) mass is 1160 g/mol. The Labute approximate surface area is 521 Å². The maximum Gasteiger partial charge on any atom is 0.0277 e. The third kappa shape index (κ3) is 48.8. The second-order valence-corrected chi connectivity index (χ2v) is 28.7. The van der Waals surface area contributed by atoms with Crippen molar-refractivity contribution in [3.8, 4) is 0 Å². The van der Waals surface area contributed by atoms with Crippen LogP contribution in [0.5, 0.6) is 0 Å². The lowest BCUT2D eigenvalue weighted by atomic mass is 9.57. The molecule has 494 valence electrons. The van der Waals surface area contributed by atoms with Crippen LogP contribution in [0.2, 0.25) is 0 Å². The quantitative estimate of drug-likeness (QED) is 0.0531. The molecule has 0 saturated heterocycles. The SMILES string of the molecule is CCCCCCCCCCCCCCCCN(CCCCCCCCCCCCCCCC)C(CCCCCCCCCCCCCCCC)(CCCCCCCCCCCCCCCC)C(C)(C)C(C)(C)NCCCCNCCCN. The largest absolute Gasteiger partial charge is 0.330 e. The lowest BCUT2D eigenvalue weighted by Crippen LogP contribution is -2.68. The van der Waals surface area contributed by atoms with Crippen molar-refractivity contribution >= 4 is 0 Å². The van der Waals surface area contributed by atoms with E-state index in [-0.39, 0.29) is 16.5 Å². The van der Waals surface area contributed by atoms with Crippen LogP contribution < -0.4 is 16.4 Å². The lowest BCUT2D eigenvalue weighted by molar-refractivity contribution is -0.0801. The van der Waals surface area contributed by atoms with Gasteiger partial charge in [-0.1, -0.05) is 388 Å². The third-order valence-corrected chi connectivity index (χ3v) is 20.7. The number of unbranched alkanes of at least 4 members (excludes halogenated alkanes) is 53. The van der Waals surface area contributed by atoms with Gasteiger partial charge < -0.3 is 16.4 Å². The Balaban J connectivity index is 6.36. The van der Waals surface area contributed by atoms with Gasteiger partial charge in [-0.15, -0.1) is 0 Å². The van der Waals surface area contributed by atoms with E-state index in [9.17, 15) is 0 Å². The van der Waals surface area contributed by atoms with Crippen LogP contribution in [0, 0.1) is 5.41 Å². The zero-order chi connectivity index (χ0) is 59.9. The Morgan fingerprint density at radius 2 is 0.476 bits per heavy atom. The molecule has 0 radical (unpaired) electrons.